The molecule has 0 aliphatic carbocycles. The van der Waals surface area contributed by atoms with Gasteiger partial charge in [0.25, 0.3) is 5.91 Å². The molecular formula is C19H28Cl2N4O2. The monoisotopic (exact) mass is 414 g/mol. The third-order valence-corrected chi connectivity index (χ3v) is 5.44. The first-order chi connectivity index (χ1) is 12.5. The van der Waals surface area contributed by atoms with Crippen molar-refractivity contribution < 1.29 is 9.59 Å². The zero-order valence-corrected chi connectivity index (χ0v) is 17.4. The van der Waals surface area contributed by atoms with E-state index in [0.717, 1.165) is 45.7 Å². The normalized spacial score (nSPS) is 20.4. The number of hydrogen-bond acceptors (Lipinski definition) is 4. The summed E-state index contributed by atoms with van der Waals surface area (Å²) in [5.41, 5.74) is 1.06. The van der Waals surface area contributed by atoms with Gasteiger partial charge in [-0.3, -0.25) is 14.5 Å². The molecule has 1 aromatic carbocycles. The molecule has 2 N–H and O–H groups in total. The van der Waals surface area contributed by atoms with Crippen LogP contribution in [0.1, 0.15) is 30.6 Å². The molecule has 1 aromatic rings. The number of likely N-dealkylation sites (tertiary alicyclic amines) is 1. The topological polar surface area (TPSA) is 64.7 Å². The maximum atomic E-state index is 13.0. The van der Waals surface area contributed by atoms with Crippen LogP contribution in [0.15, 0.2) is 18.2 Å². The standard InChI is InChI=1S/C19H27ClN4O2.ClH/c1-13(2)18(25)22-14-3-4-17(20)16(11-14)19(26)24-8-5-15(12-24)23-9-6-21-7-10-23;/h3-4,11,13,15,21H,5-10,12H2,1-2H3,(H,22,25);1H. The SMILES string of the molecule is CC(C)C(=O)Nc1ccc(Cl)c(C(=O)N2CCC(N3CCNCC3)C2)c1.Cl. The second kappa shape index (κ2) is 9.73. The summed E-state index contributed by atoms with van der Waals surface area (Å²) in [4.78, 5) is 29.2. The minimum atomic E-state index is -0.122. The zero-order valence-electron chi connectivity index (χ0n) is 15.8. The molecule has 6 nitrogen and oxygen atoms in total. The van der Waals surface area contributed by atoms with Crippen molar-refractivity contribution in [3.05, 3.63) is 28.8 Å². The fourth-order valence-electron chi connectivity index (χ4n) is 3.50. The molecule has 2 heterocycles. The largest absolute Gasteiger partial charge is 0.337 e. The van der Waals surface area contributed by atoms with Crippen LogP contribution in [-0.4, -0.2) is 66.9 Å². The molecule has 2 aliphatic rings. The summed E-state index contributed by atoms with van der Waals surface area (Å²) in [5.74, 6) is -0.262. The average molecular weight is 415 g/mol. The Hall–Kier alpha value is -1.34. The predicted octanol–water partition coefficient (Wildman–Crippen LogP) is 2.48. The lowest BCUT2D eigenvalue weighted by Crippen LogP contribution is -2.49. The van der Waals surface area contributed by atoms with Gasteiger partial charge >= 0.3 is 0 Å². The van der Waals surface area contributed by atoms with Gasteiger partial charge in [-0.2, -0.15) is 0 Å². The lowest BCUT2D eigenvalue weighted by Gasteiger charge is -2.32. The molecule has 0 aromatic heterocycles. The maximum Gasteiger partial charge on any atom is 0.255 e. The van der Waals surface area contributed by atoms with Crippen LogP contribution in [-0.2, 0) is 4.79 Å². The van der Waals surface area contributed by atoms with Crippen LogP contribution in [0.5, 0.6) is 0 Å². The molecule has 1 unspecified atom stereocenters. The highest BCUT2D eigenvalue weighted by Crippen LogP contribution is 2.25. The number of hydrogen-bond donors (Lipinski definition) is 2. The van der Waals surface area contributed by atoms with E-state index in [1.807, 2.05) is 18.7 Å². The first-order valence-corrected chi connectivity index (χ1v) is 9.68. The quantitative estimate of drug-likeness (QED) is 0.793. The Morgan fingerprint density at radius 3 is 2.59 bits per heavy atom. The van der Waals surface area contributed by atoms with Gasteiger partial charge in [0, 0.05) is 56.9 Å². The van der Waals surface area contributed by atoms with E-state index < -0.39 is 0 Å². The van der Waals surface area contributed by atoms with Crippen molar-refractivity contribution in [1.29, 1.82) is 0 Å². The summed E-state index contributed by atoms with van der Waals surface area (Å²) in [7, 11) is 0. The van der Waals surface area contributed by atoms with Gasteiger partial charge in [-0.1, -0.05) is 25.4 Å². The second-order valence-corrected chi connectivity index (χ2v) is 7.73. The van der Waals surface area contributed by atoms with Crippen molar-refractivity contribution in [1.82, 2.24) is 15.1 Å². The third kappa shape index (κ3) is 5.35. The smallest absolute Gasteiger partial charge is 0.255 e. The summed E-state index contributed by atoms with van der Waals surface area (Å²) in [5, 5.41) is 6.61. The molecule has 2 amide bonds. The number of benzene rings is 1. The van der Waals surface area contributed by atoms with E-state index in [-0.39, 0.29) is 30.1 Å². The minimum absolute atomic E-state index is 0. The van der Waals surface area contributed by atoms with E-state index >= 15 is 0 Å². The van der Waals surface area contributed by atoms with E-state index in [1.54, 1.807) is 18.2 Å². The van der Waals surface area contributed by atoms with Crippen molar-refractivity contribution in [2.75, 3.05) is 44.6 Å². The number of amides is 2. The Morgan fingerprint density at radius 1 is 1.22 bits per heavy atom. The summed E-state index contributed by atoms with van der Waals surface area (Å²) in [6.45, 7) is 9.22. The highest BCUT2D eigenvalue weighted by Gasteiger charge is 2.32. The highest BCUT2D eigenvalue weighted by molar-refractivity contribution is 6.34. The second-order valence-electron chi connectivity index (χ2n) is 7.32. The first kappa shape index (κ1) is 22.0. The number of nitrogens with zero attached hydrogens (tertiary/aromatic N) is 2. The van der Waals surface area contributed by atoms with E-state index in [4.69, 9.17) is 11.6 Å². The fraction of sp³-hybridized carbons (Fsp3) is 0.579. The molecule has 0 spiro atoms. The molecule has 0 radical (unpaired) electrons. The number of rotatable bonds is 4. The van der Waals surface area contributed by atoms with Crippen molar-refractivity contribution in [3.8, 4) is 0 Å². The average Bonchev–Trinajstić information content (AvgIpc) is 3.13. The van der Waals surface area contributed by atoms with Crippen LogP contribution in [0.4, 0.5) is 5.69 Å². The molecule has 8 heteroatoms. The molecule has 27 heavy (non-hydrogen) atoms. The summed E-state index contributed by atoms with van der Waals surface area (Å²) >= 11 is 6.27. The maximum absolute atomic E-state index is 13.0. The Labute approximate surface area is 172 Å². The molecular weight excluding hydrogens is 387 g/mol. The molecule has 2 saturated heterocycles. The van der Waals surface area contributed by atoms with Crippen LogP contribution in [0, 0.1) is 5.92 Å². The Morgan fingerprint density at radius 2 is 1.93 bits per heavy atom. The number of nitrogens with one attached hydrogen (secondary N) is 2. The Kier molecular flexibility index (Phi) is 7.91. The first-order valence-electron chi connectivity index (χ1n) is 9.30. The number of piperazine rings is 1. The number of anilines is 1. The summed E-state index contributed by atoms with van der Waals surface area (Å²) in [6.07, 6.45) is 0.993. The highest BCUT2D eigenvalue weighted by atomic mass is 35.5. The van der Waals surface area contributed by atoms with Crippen LogP contribution < -0.4 is 10.6 Å². The van der Waals surface area contributed by atoms with Crippen LogP contribution in [0.3, 0.4) is 0 Å². The van der Waals surface area contributed by atoms with Gasteiger partial charge in [0.05, 0.1) is 10.6 Å². The van der Waals surface area contributed by atoms with E-state index in [9.17, 15) is 9.59 Å². The minimum Gasteiger partial charge on any atom is -0.337 e. The Bertz CT molecular complexity index is 678. The molecule has 3 rings (SSSR count). The van der Waals surface area contributed by atoms with Gasteiger partial charge in [0.2, 0.25) is 5.91 Å². The molecule has 0 bridgehead atoms. The van der Waals surface area contributed by atoms with Crippen molar-refractivity contribution in [2.45, 2.75) is 26.3 Å². The van der Waals surface area contributed by atoms with E-state index in [1.165, 1.54) is 0 Å². The van der Waals surface area contributed by atoms with Crippen LogP contribution >= 0.6 is 24.0 Å². The molecule has 1 atom stereocenters. The zero-order chi connectivity index (χ0) is 18.7. The molecule has 150 valence electrons. The van der Waals surface area contributed by atoms with Gasteiger partial charge in [0.15, 0.2) is 0 Å². The number of carbonyl (C=O) groups is 2. The lowest BCUT2D eigenvalue weighted by molar-refractivity contribution is -0.118. The fourth-order valence-corrected chi connectivity index (χ4v) is 3.69. The number of halogens is 2. The third-order valence-electron chi connectivity index (χ3n) is 5.11. The lowest BCUT2D eigenvalue weighted by atomic mass is 10.1. The van der Waals surface area contributed by atoms with Crippen molar-refractivity contribution in [2.24, 2.45) is 5.92 Å². The summed E-state index contributed by atoms with van der Waals surface area (Å²) < 4.78 is 0. The van der Waals surface area contributed by atoms with Gasteiger partial charge in [-0.15, -0.1) is 12.4 Å². The van der Waals surface area contributed by atoms with E-state index in [0.29, 0.717) is 22.3 Å². The number of carbonyl (C=O) groups excluding carboxylic acids is 2. The van der Waals surface area contributed by atoms with Gasteiger partial charge in [-0.25, -0.2) is 0 Å². The van der Waals surface area contributed by atoms with E-state index in [2.05, 4.69) is 15.5 Å². The molecule has 2 fully saturated rings. The van der Waals surface area contributed by atoms with Crippen LogP contribution in [0.25, 0.3) is 0 Å². The van der Waals surface area contributed by atoms with Gasteiger partial charge in [0.1, 0.15) is 0 Å². The summed E-state index contributed by atoms with van der Waals surface area (Å²) in [6, 6.07) is 5.51. The molecule has 2 aliphatic heterocycles. The predicted molar refractivity (Wildman–Crippen MR) is 111 cm³/mol. The molecule has 0 saturated carbocycles. The van der Waals surface area contributed by atoms with Gasteiger partial charge in [-0.05, 0) is 24.6 Å². The van der Waals surface area contributed by atoms with Crippen molar-refractivity contribution in [3.63, 3.8) is 0 Å². The Balaban J connectivity index is 0.00000261. The van der Waals surface area contributed by atoms with Crippen LogP contribution in [0.2, 0.25) is 5.02 Å². The van der Waals surface area contributed by atoms with Gasteiger partial charge < -0.3 is 15.5 Å². The van der Waals surface area contributed by atoms with Crippen molar-refractivity contribution >= 4 is 41.5 Å².